The number of nitrogens with two attached hydrogens (primary N) is 1. The van der Waals surface area contributed by atoms with Crippen LogP contribution in [-0.2, 0) is 0 Å². The highest BCUT2D eigenvalue weighted by Crippen LogP contribution is 2.26. The second-order valence-corrected chi connectivity index (χ2v) is 3.87. The van der Waals surface area contributed by atoms with Crippen molar-refractivity contribution in [1.82, 2.24) is 0 Å². The van der Waals surface area contributed by atoms with Crippen LogP contribution in [0.3, 0.4) is 0 Å². The number of carbonyl (C=O) groups is 1. The van der Waals surface area contributed by atoms with Crippen LogP contribution in [-0.4, -0.2) is 33.9 Å². The second-order valence-electron chi connectivity index (χ2n) is 3.87. The molecule has 0 aliphatic carbocycles. The van der Waals surface area contributed by atoms with Crippen molar-refractivity contribution in [3.05, 3.63) is 39.8 Å². The van der Waals surface area contributed by atoms with E-state index in [-0.39, 0.29) is 29.8 Å². The van der Waals surface area contributed by atoms with Crippen molar-refractivity contribution >= 4 is 11.7 Å². The molecule has 0 aromatic heterocycles. The third kappa shape index (κ3) is 3.59. The largest absolute Gasteiger partial charge is 0.478 e. The highest BCUT2D eigenvalue weighted by molar-refractivity contribution is 5.95. The lowest BCUT2D eigenvalue weighted by molar-refractivity contribution is 0.0141. The molecule has 0 saturated heterocycles. The normalized spacial score (nSPS) is 13.4. The van der Waals surface area contributed by atoms with Crippen LogP contribution in [0.1, 0.15) is 28.4 Å². The fourth-order valence-electron chi connectivity index (χ4n) is 1.68. The molecule has 2 atom stereocenters. The first-order valence-electron chi connectivity index (χ1n) is 5.47. The number of hydrogen-bond donors (Lipinski definition) is 4. The van der Waals surface area contributed by atoms with Gasteiger partial charge in [-0.2, -0.15) is 0 Å². The summed E-state index contributed by atoms with van der Waals surface area (Å²) in [6, 6.07) is 4.26. The molecule has 0 heterocycles. The fraction of sp³-hybridized carbons (Fsp3) is 0.364. The first-order chi connectivity index (χ1) is 8.99. The Bertz CT molecular complexity index is 513. The average Bonchev–Trinajstić information content (AvgIpc) is 2.37. The van der Waals surface area contributed by atoms with Gasteiger partial charge in [-0.05, 0) is 23.6 Å². The third-order valence-corrected chi connectivity index (χ3v) is 2.61. The molecular formula is C11H14N4O4. The number of carboxylic acids is 1. The van der Waals surface area contributed by atoms with Gasteiger partial charge in [0.2, 0.25) is 0 Å². The molecule has 0 fully saturated rings. The van der Waals surface area contributed by atoms with Gasteiger partial charge in [-0.25, -0.2) is 4.79 Å². The standard InChI is InChI=1S/C11H14N4O4/c12-7-3-1-2-6(9(7)11(18)19)10(17)8(16)4-5-14-15-13/h1-3,8,10,16-17H,4-5,12H2,(H,18,19). The lowest BCUT2D eigenvalue weighted by Crippen LogP contribution is -2.22. The molecule has 102 valence electrons. The zero-order valence-electron chi connectivity index (χ0n) is 9.97. The summed E-state index contributed by atoms with van der Waals surface area (Å²) in [5, 5.41) is 32.0. The van der Waals surface area contributed by atoms with E-state index in [1.54, 1.807) is 0 Å². The van der Waals surface area contributed by atoms with Crippen molar-refractivity contribution in [2.24, 2.45) is 5.11 Å². The maximum atomic E-state index is 11.1. The van der Waals surface area contributed by atoms with E-state index in [1.165, 1.54) is 18.2 Å². The first kappa shape index (κ1) is 14.8. The topological polar surface area (TPSA) is 153 Å². The van der Waals surface area contributed by atoms with Gasteiger partial charge in [-0.1, -0.05) is 17.2 Å². The highest BCUT2D eigenvalue weighted by atomic mass is 16.4. The number of azide groups is 1. The van der Waals surface area contributed by atoms with Crippen molar-refractivity contribution in [2.45, 2.75) is 18.6 Å². The summed E-state index contributed by atoms with van der Waals surface area (Å²) in [7, 11) is 0. The molecule has 1 aromatic rings. The smallest absolute Gasteiger partial charge is 0.338 e. The Kier molecular flexibility index (Phi) is 5.13. The molecule has 8 heteroatoms. The number of nitrogen functional groups attached to an aromatic ring is 1. The molecule has 8 nitrogen and oxygen atoms in total. The second kappa shape index (κ2) is 6.60. The van der Waals surface area contributed by atoms with Crippen LogP contribution in [0.4, 0.5) is 5.69 Å². The minimum absolute atomic E-state index is 0.000548. The first-order valence-corrected chi connectivity index (χ1v) is 5.47. The van der Waals surface area contributed by atoms with Gasteiger partial charge in [0.05, 0.1) is 11.7 Å². The van der Waals surface area contributed by atoms with Crippen LogP contribution < -0.4 is 5.73 Å². The number of aliphatic hydroxyl groups is 2. The minimum Gasteiger partial charge on any atom is -0.478 e. The Balaban J connectivity index is 2.98. The fourth-order valence-corrected chi connectivity index (χ4v) is 1.68. The lowest BCUT2D eigenvalue weighted by Gasteiger charge is -2.19. The van der Waals surface area contributed by atoms with Gasteiger partial charge in [-0.3, -0.25) is 0 Å². The molecule has 2 unspecified atom stereocenters. The number of carboxylic acid groups (broad SMARTS) is 1. The molecule has 1 rings (SSSR count). The Labute approximate surface area is 108 Å². The number of aliphatic hydroxyl groups excluding tert-OH is 2. The number of rotatable bonds is 6. The van der Waals surface area contributed by atoms with Crippen molar-refractivity contribution < 1.29 is 20.1 Å². The zero-order valence-corrected chi connectivity index (χ0v) is 9.97. The predicted molar refractivity (Wildman–Crippen MR) is 67.4 cm³/mol. The SMILES string of the molecule is [N-]=[N+]=NCCC(O)C(O)c1cccc(N)c1C(=O)O. The molecule has 5 N–H and O–H groups in total. The van der Waals surface area contributed by atoms with E-state index in [1.807, 2.05) is 0 Å². The predicted octanol–water partition coefficient (Wildman–Crippen LogP) is 1.06. The maximum Gasteiger partial charge on any atom is 0.338 e. The number of aromatic carboxylic acids is 1. The van der Waals surface area contributed by atoms with Crippen molar-refractivity contribution in [3.63, 3.8) is 0 Å². The highest BCUT2D eigenvalue weighted by Gasteiger charge is 2.24. The van der Waals surface area contributed by atoms with E-state index >= 15 is 0 Å². The summed E-state index contributed by atoms with van der Waals surface area (Å²) < 4.78 is 0. The van der Waals surface area contributed by atoms with Crippen LogP contribution >= 0.6 is 0 Å². The van der Waals surface area contributed by atoms with Gasteiger partial charge < -0.3 is 21.1 Å². The van der Waals surface area contributed by atoms with Gasteiger partial charge in [0.25, 0.3) is 0 Å². The molecule has 1 aromatic carbocycles. The molecule has 0 amide bonds. The van der Waals surface area contributed by atoms with E-state index in [9.17, 15) is 15.0 Å². The van der Waals surface area contributed by atoms with Gasteiger partial charge >= 0.3 is 5.97 Å². The molecule has 0 radical (unpaired) electrons. The molecule has 0 aliphatic heterocycles. The summed E-state index contributed by atoms with van der Waals surface area (Å²) >= 11 is 0. The van der Waals surface area contributed by atoms with Crippen molar-refractivity contribution in [2.75, 3.05) is 12.3 Å². The lowest BCUT2D eigenvalue weighted by atomic mass is 9.96. The molecule has 19 heavy (non-hydrogen) atoms. The van der Waals surface area contributed by atoms with Crippen LogP contribution in [0.5, 0.6) is 0 Å². The Morgan fingerprint density at radius 1 is 1.47 bits per heavy atom. The van der Waals surface area contributed by atoms with Gasteiger partial charge in [0.1, 0.15) is 6.10 Å². The number of anilines is 1. The van der Waals surface area contributed by atoms with Crippen LogP contribution in [0, 0.1) is 0 Å². The number of hydrogen-bond acceptors (Lipinski definition) is 5. The van der Waals surface area contributed by atoms with E-state index in [4.69, 9.17) is 16.4 Å². The zero-order chi connectivity index (χ0) is 14.4. The maximum absolute atomic E-state index is 11.1. The monoisotopic (exact) mass is 266 g/mol. The summed E-state index contributed by atoms with van der Waals surface area (Å²) in [4.78, 5) is 13.6. The Hall–Kier alpha value is -2.28. The summed E-state index contributed by atoms with van der Waals surface area (Å²) in [6.45, 7) is -0.000548. The number of nitrogens with zero attached hydrogens (tertiary/aromatic N) is 3. The molecule has 0 bridgehead atoms. The van der Waals surface area contributed by atoms with E-state index in [2.05, 4.69) is 10.0 Å². The third-order valence-electron chi connectivity index (χ3n) is 2.61. The van der Waals surface area contributed by atoms with Gasteiger partial charge in [-0.15, -0.1) is 0 Å². The minimum atomic E-state index is -1.41. The van der Waals surface area contributed by atoms with E-state index < -0.39 is 18.2 Å². The summed E-state index contributed by atoms with van der Waals surface area (Å²) in [5.41, 5.74) is 13.4. The molecule has 0 spiro atoms. The van der Waals surface area contributed by atoms with Gasteiger partial charge in [0.15, 0.2) is 0 Å². The number of benzene rings is 1. The van der Waals surface area contributed by atoms with Crippen LogP contribution in [0.15, 0.2) is 23.3 Å². The average molecular weight is 266 g/mol. The van der Waals surface area contributed by atoms with Crippen molar-refractivity contribution in [1.29, 1.82) is 0 Å². The molecular weight excluding hydrogens is 252 g/mol. The van der Waals surface area contributed by atoms with E-state index in [0.29, 0.717) is 0 Å². The molecule has 0 aliphatic rings. The van der Waals surface area contributed by atoms with Crippen molar-refractivity contribution in [3.8, 4) is 0 Å². The van der Waals surface area contributed by atoms with Crippen LogP contribution in [0.25, 0.3) is 10.4 Å². The summed E-state index contributed by atoms with van der Waals surface area (Å²) in [5.74, 6) is -1.28. The van der Waals surface area contributed by atoms with Gasteiger partial charge in [0, 0.05) is 17.1 Å². The van der Waals surface area contributed by atoms with E-state index in [0.717, 1.165) is 0 Å². The Morgan fingerprint density at radius 2 is 2.16 bits per heavy atom. The molecule has 0 saturated carbocycles. The summed E-state index contributed by atoms with van der Waals surface area (Å²) in [6.07, 6.45) is -2.65. The van der Waals surface area contributed by atoms with Crippen LogP contribution in [0.2, 0.25) is 0 Å². The Morgan fingerprint density at radius 3 is 2.74 bits per heavy atom. The quantitative estimate of drug-likeness (QED) is 0.262.